The molecule has 0 aromatic carbocycles. The molecular weight excluding hydrogens is 242 g/mol. The highest BCUT2D eigenvalue weighted by atomic mass is 16.4. The third-order valence-electron chi connectivity index (χ3n) is 4.18. The Hall–Kier alpha value is -1.06. The summed E-state index contributed by atoms with van der Waals surface area (Å²) in [4.78, 5) is 23.0. The molecule has 2 N–H and O–H groups in total. The fraction of sp³-hybridized carbons (Fsp3) is 0.867. The highest BCUT2D eigenvalue weighted by Crippen LogP contribution is 2.31. The molecule has 4 nitrogen and oxygen atoms in total. The maximum absolute atomic E-state index is 12.2. The Morgan fingerprint density at radius 3 is 2.21 bits per heavy atom. The fourth-order valence-electron chi connectivity index (χ4n) is 2.85. The molecule has 1 rings (SSSR count). The van der Waals surface area contributed by atoms with Crippen molar-refractivity contribution < 1.29 is 14.7 Å². The minimum atomic E-state index is -0.978. The van der Waals surface area contributed by atoms with Gasteiger partial charge in [0.25, 0.3) is 0 Å². The topological polar surface area (TPSA) is 66.4 Å². The first-order chi connectivity index (χ1) is 8.91. The lowest BCUT2D eigenvalue weighted by atomic mass is 9.79. The number of carbonyl (C=O) groups is 2. The van der Waals surface area contributed by atoms with Gasteiger partial charge in [0.15, 0.2) is 0 Å². The van der Waals surface area contributed by atoms with Gasteiger partial charge in [0.05, 0.1) is 0 Å². The summed E-state index contributed by atoms with van der Waals surface area (Å²) in [5.74, 6) is -0.260. The summed E-state index contributed by atoms with van der Waals surface area (Å²) < 4.78 is 0. The van der Waals surface area contributed by atoms with E-state index in [0.717, 1.165) is 6.42 Å². The summed E-state index contributed by atoms with van der Waals surface area (Å²) in [6.45, 7) is 5.59. The molecule has 0 saturated heterocycles. The normalized spacial score (nSPS) is 20.0. The summed E-state index contributed by atoms with van der Waals surface area (Å²) >= 11 is 0. The molecule has 0 aliphatic heterocycles. The third kappa shape index (κ3) is 5.21. The lowest BCUT2D eigenvalue weighted by Crippen LogP contribution is -2.43. The Morgan fingerprint density at radius 1 is 1.16 bits per heavy atom. The van der Waals surface area contributed by atoms with Crippen LogP contribution < -0.4 is 5.32 Å². The Morgan fingerprint density at radius 2 is 1.74 bits per heavy atom. The summed E-state index contributed by atoms with van der Waals surface area (Å²) in [5.41, 5.74) is 0. The molecule has 1 amide bonds. The monoisotopic (exact) mass is 269 g/mol. The van der Waals surface area contributed by atoms with Crippen molar-refractivity contribution in [3.05, 3.63) is 0 Å². The molecule has 0 aromatic rings. The molecule has 4 heteroatoms. The Labute approximate surface area is 116 Å². The van der Waals surface area contributed by atoms with Crippen molar-refractivity contribution in [2.75, 3.05) is 0 Å². The van der Waals surface area contributed by atoms with Gasteiger partial charge in [-0.2, -0.15) is 0 Å². The summed E-state index contributed by atoms with van der Waals surface area (Å²) in [6, 6.07) is -0.805. The van der Waals surface area contributed by atoms with Crippen LogP contribution in [0.25, 0.3) is 0 Å². The van der Waals surface area contributed by atoms with Crippen LogP contribution in [0, 0.1) is 17.8 Å². The second kappa shape index (κ2) is 7.51. The van der Waals surface area contributed by atoms with E-state index in [2.05, 4.69) is 5.32 Å². The van der Waals surface area contributed by atoms with Crippen LogP contribution in [0.3, 0.4) is 0 Å². The van der Waals surface area contributed by atoms with Gasteiger partial charge in [-0.05, 0) is 25.2 Å². The minimum Gasteiger partial charge on any atom is -0.480 e. The predicted octanol–water partition coefficient (Wildman–Crippen LogP) is 2.82. The number of hydrogen-bond donors (Lipinski definition) is 2. The number of carboxylic acid groups (broad SMARTS) is 1. The van der Waals surface area contributed by atoms with E-state index in [-0.39, 0.29) is 17.7 Å². The Bertz CT molecular complexity index is 309. The van der Waals surface area contributed by atoms with Gasteiger partial charge in [-0.15, -0.1) is 0 Å². The summed E-state index contributed by atoms with van der Waals surface area (Å²) in [7, 11) is 0. The molecule has 1 fully saturated rings. The van der Waals surface area contributed by atoms with Crippen LogP contribution in [0.15, 0.2) is 0 Å². The molecule has 0 aromatic heterocycles. The van der Waals surface area contributed by atoms with Crippen molar-refractivity contribution in [2.24, 2.45) is 17.8 Å². The number of nitrogens with one attached hydrogen (secondary N) is 1. The standard InChI is InChI=1S/C15H27NO3/c1-10(2)13(9-12-7-5-4-6-8-12)14(17)16-11(3)15(18)19/h10-13H,4-9H2,1-3H3,(H,16,17)(H,18,19)/t11-,13?/m1/s1. The zero-order valence-electron chi connectivity index (χ0n) is 12.3. The average Bonchev–Trinajstić information content (AvgIpc) is 2.36. The first-order valence-corrected chi connectivity index (χ1v) is 7.45. The molecule has 1 saturated carbocycles. The molecule has 1 unspecified atom stereocenters. The number of rotatable bonds is 6. The van der Waals surface area contributed by atoms with Gasteiger partial charge in [0, 0.05) is 5.92 Å². The van der Waals surface area contributed by atoms with Gasteiger partial charge in [-0.3, -0.25) is 9.59 Å². The number of carboxylic acids is 1. The quantitative estimate of drug-likeness (QED) is 0.779. The van der Waals surface area contributed by atoms with E-state index in [1.165, 1.54) is 39.0 Å². The van der Waals surface area contributed by atoms with Gasteiger partial charge < -0.3 is 10.4 Å². The molecule has 1 aliphatic rings. The van der Waals surface area contributed by atoms with Crippen molar-refractivity contribution in [2.45, 2.75) is 65.3 Å². The minimum absolute atomic E-state index is 0.0649. The maximum atomic E-state index is 12.2. The van der Waals surface area contributed by atoms with Crippen LogP contribution in [-0.2, 0) is 9.59 Å². The lowest BCUT2D eigenvalue weighted by Gasteiger charge is -2.28. The third-order valence-corrected chi connectivity index (χ3v) is 4.18. The first kappa shape index (κ1) is 16.0. The van der Waals surface area contributed by atoms with Crippen molar-refractivity contribution >= 4 is 11.9 Å². The second-order valence-corrected chi connectivity index (χ2v) is 6.16. The molecule has 0 spiro atoms. The second-order valence-electron chi connectivity index (χ2n) is 6.16. The van der Waals surface area contributed by atoms with Gasteiger partial charge in [0.1, 0.15) is 6.04 Å². The average molecular weight is 269 g/mol. The molecule has 19 heavy (non-hydrogen) atoms. The zero-order valence-corrected chi connectivity index (χ0v) is 12.3. The molecule has 1 aliphatic carbocycles. The Kier molecular flexibility index (Phi) is 6.32. The van der Waals surface area contributed by atoms with Crippen LogP contribution >= 0.6 is 0 Å². The van der Waals surface area contributed by atoms with E-state index in [1.54, 1.807) is 0 Å². The maximum Gasteiger partial charge on any atom is 0.325 e. The largest absolute Gasteiger partial charge is 0.480 e. The molecule has 2 atom stereocenters. The van der Waals surface area contributed by atoms with Crippen LogP contribution in [0.1, 0.15) is 59.3 Å². The highest BCUT2D eigenvalue weighted by Gasteiger charge is 2.28. The van der Waals surface area contributed by atoms with Crippen LogP contribution in [0.2, 0.25) is 0 Å². The van der Waals surface area contributed by atoms with Crippen LogP contribution in [0.5, 0.6) is 0 Å². The molecule has 0 radical (unpaired) electrons. The van der Waals surface area contributed by atoms with Gasteiger partial charge in [-0.1, -0.05) is 46.0 Å². The van der Waals surface area contributed by atoms with E-state index in [9.17, 15) is 9.59 Å². The van der Waals surface area contributed by atoms with E-state index in [1.807, 2.05) is 13.8 Å². The van der Waals surface area contributed by atoms with E-state index in [0.29, 0.717) is 5.92 Å². The lowest BCUT2D eigenvalue weighted by molar-refractivity contribution is -0.142. The summed E-state index contributed by atoms with van der Waals surface area (Å²) in [6.07, 6.45) is 7.17. The smallest absolute Gasteiger partial charge is 0.325 e. The highest BCUT2D eigenvalue weighted by molar-refractivity contribution is 5.84. The molecule has 0 bridgehead atoms. The predicted molar refractivity (Wildman–Crippen MR) is 74.8 cm³/mol. The van der Waals surface area contributed by atoms with E-state index >= 15 is 0 Å². The number of aliphatic carboxylic acids is 1. The van der Waals surface area contributed by atoms with Gasteiger partial charge in [-0.25, -0.2) is 0 Å². The van der Waals surface area contributed by atoms with Gasteiger partial charge >= 0.3 is 5.97 Å². The van der Waals surface area contributed by atoms with E-state index in [4.69, 9.17) is 5.11 Å². The summed E-state index contributed by atoms with van der Waals surface area (Å²) in [5, 5.41) is 11.5. The number of hydrogen-bond acceptors (Lipinski definition) is 2. The Balaban J connectivity index is 2.55. The molecule has 0 heterocycles. The van der Waals surface area contributed by atoms with Crippen molar-refractivity contribution in [1.82, 2.24) is 5.32 Å². The zero-order chi connectivity index (χ0) is 14.4. The fourth-order valence-corrected chi connectivity index (χ4v) is 2.85. The number of carbonyl (C=O) groups excluding carboxylic acids is 1. The van der Waals surface area contributed by atoms with Crippen LogP contribution in [-0.4, -0.2) is 23.0 Å². The first-order valence-electron chi connectivity index (χ1n) is 7.45. The van der Waals surface area contributed by atoms with Gasteiger partial charge in [0.2, 0.25) is 5.91 Å². The van der Waals surface area contributed by atoms with Crippen LogP contribution in [0.4, 0.5) is 0 Å². The molecular formula is C15H27NO3. The van der Waals surface area contributed by atoms with Crippen molar-refractivity contribution in [3.8, 4) is 0 Å². The molecule has 110 valence electrons. The van der Waals surface area contributed by atoms with Crippen molar-refractivity contribution in [1.29, 1.82) is 0 Å². The SMILES string of the molecule is CC(C)C(CC1CCCCC1)C(=O)N[C@H](C)C(=O)O. The van der Waals surface area contributed by atoms with E-state index < -0.39 is 12.0 Å². The number of amides is 1. The van der Waals surface area contributed by atoms with Crippen molar-refractivity contribution in [3.63, 3.8) is 0 Å².